The normalized spacial score (nSPS) is 12.6. The van der Waals surface area contributed by atoms with Gasteiger partial charge in [0.1, 0.15) is 5.52 Å². The van der Waals surface area contributed by atoms with E-state index in [0.29, 0.717) is 34.2 Å². The van der Waals surface area contributed by atoms with E-state index in [1.165, 1.54) is 10.7 Å². The Morgan fingerprint density at radius 1 is 1.21 bits per heavy atom. The maximum Gasteiger partial charge on any atom is 0.268 e. The van der Waals surface area contributed by atoms with Gasteiger partial charge in [0.2, 0.25) is 0 Å². The van der Waals surface area contributed by atoms with Crippen molar-refractivity contribution in [2.45, 2.75) is 25.3 Å². The second-order valence-electron chi connectivity index (χ2n) is 5.61. The summed E-state index contributed by atoms with van der Waals surface area (Å²) in [6.45, 7) is 1.04. The van der Waals surface area contributed by atoms with Gasteiger partial charge in [0.25, 0.3) is 5.56 Å². The summed E-state index contributed by atoms with van der Waals surface area (Å²) in [4.78, 5) is 12.1. The van der Waals surface area contributed by atoms with Crippen molar-refractivity contribution in [2.24, 2.45) is 5.73 Å². The van der Waals surface area contributed by atoms with Gasteiger partial charge < -0.3 is 5.73 Å². The van der Waals surface area contributed by atoms with Crippen molar-refractivity contribution in [1.82, 2.24) is 20.0 Å². The monoisotopic (exact) mass is 365 g/mol. The molecule has 0 bridgehead atoms. The van der Waals surface area contributed by atoms with E-state index in [1.54, 1.807) is 12.3 Å². The number of aromatic nitrogens is 4. The molecule has 126 valence electrons. The molecule has 1 unspecified atom stereocenters. The Morgan fingerprint density at radius 2 is 2.04 bits per heavy atom. The Morgan fingerprint density at radius 3 is 2.79 bits per heavy atom. The number of fused-ring (bicyclic) bond motifs is 1. The molecule has 0 fully saturated rings. The third-order valence-electron chi connectivity index (χ3n) is 4.02. The molecule has 0 saturated heterocycles. The molecule has 8 heteroatoms. The molecular weight excluding hydrogens is 349 g/mol. The summed E-state index contributed by atoms with van der Waals surface area (Å²) in [7, 11) is 0. The van der Waals surface area contributed by atoms with Gasteiger partial charge in [0, 0.05) is 12.6 Å². The van der Waals surface area contributed by atoms with Crippen LogP contribution in [-0.2, 0) is 6.54 Å². The van der Waals surface area contributed by atoms with Crippen LogP contribution < -0.4 is 11.3 Å². The average Bonchev–Trinajstić information content (AvgIpc) is 3.01. The van der Waals surface area contributed by atoms with Crippen molar-refractivity contribution in [2.75, 3.05) is 6.54 Å². The summed E-state index contributed by atoms with van der Waals surface area (Å²) in [5.41, 5.74) is 7.95. The first-order valence-electron chi connectivity index (χ1n) is 7.64. The molecule has 6 nitrogen and oxygen atoms in total. The maximum atomic E-state index is 12.1. The lowest BCUT2D eigenvalue weighted by molar-refractivity contribution is 0.485. The summed E-state index contributed by atoms with van der Waals surface area (Å²) < 4.78 is 1.46. The lowest BCUT2D eigenvalue weighted by atomic mass is 9.92. The number of benzene rings is 1. The molecule has 24 heavy (non-hydrogen) atoms. The predicted octanol–water partition coefficient (Wildman–Crippen LogP) is 2.95. The Balaban J connectivity index is 1.81. The molecule has 0 aliphatic carbocycles. The van der Waals surface area contributed by atoms with Crippen LogP contribution in [0.2, 0.25) is 10.0 Å². The van der Waals surface area contributed by atoms with Crippen molar-refractivity contribution in [3.05, 3.63) is 56.4 Å². The fourth-order valence-corrected chi connectivity index (χ4v) is 3.04. The number of H-pyrrole nitrogens is 1. The number of hydrogen-bond acceptors (Lipinski definition) is 4. The van der Waals surface area contributed by atoms with Gasteiger partial charge in [-0.05, 0) is 43.0 Å². The SMILES string of the molecule is NCCC(CCn1nc2cn[nH]c2cc1=O)c1ccc(Cl)c(Cl)c1. The number of nitrogens with one attached hydrogen (secondary N) is 1. The number of hydrogen-bond donors (Lipinski definition) is 2. The molecule has 3 aromatic rings. The molecule has 0 amide bonds. The van der Waals surface area contributed by atoms with E-state index in [-0.39, 0.29) is 11.5 Å². The highest BCUT2D eigenvalue weighted by atomic mass is 35.5. The molecule has 0 saturated carbocycles. The zero-order valence-electron chi connectivity index (χ0n) is 12.9. The van der Waals surface area contributed by atoms with Gasteiger partial charge in [0.05, 0.1) is 21.8 Å². The first-order chi connectivity index (χ1) is 11.6. The van der Waals surface area contributed by atoms with Crippen molar-refractivity contribution < 1.29 is 0 Å². The second kappa shape index (κ2) is 7.34. The minimum absolute atomic E-state index is 0.160. The van der Waals surface area contributed by atoms with Crippen LogP contribution in [0, 0.1) is 0 Å². The van der Waals surface area contributed by atoms with E-state index in [9.17, 15) is 4.79 Å². The number of nitrogens with zero attached hydrogens (tertiary/aromatic N) is 3. The largest absolute Gasteiger partial charge is 0.330 e. The molecular formula is C16H17Cl2N5O. The average molecular weight is 366 g/mol. The predicted molar refractivity (Wildman–Crippen MR) is 95.6 cm³/mol. The lowest BCUT2D eigenvalue weighted by Gasteiger charge is -2.17. The van der Waals surface area contributed by atoms with Gasteiger partial charge in [0.15, 0.2) is 0 Å². The summed E-state index contributed by atoms with van der Waals surface area (Å²) in [5.74, 6) is 0.179. The number of rotatable bonds is 6. The molecule has 1 aromatic carbocycles. The van der Waals surface area contributed by atoms with E-state index in [2.05, 4.69) is 15.3 Å². The minimum Gasteiger partial charge on any atom is -0.330 e. The first kappa shape index (κ1) is 17.0. The molecule has 0 spiro atoms. The standard InChI is InChI=1S/C16H17Cl2N5O/c17-12-2-1-11(7-13(12)18)10(3-5-19)4-6-23-16(24)8-14-15(22-23)9-20-21-14/h1-2,7-10,21H,3-6,19H2. The van der Waals surface area contributed by atoms with E-state index in [1.807, 2.05) is 12.1 Å². The quantitative estimate of drug-likeness (QED) is 0.702. The molecule has 3 rings (SSSR count). The Labute approximate surface area is 148 Å². The van der Waals surface area contributed by atoms with Crippen molar-refractivity contribution in [3.8, 4) is 0 Å². The molecule has 0 radical (unpaired) electrons. The van der Waals surface area contributed by atoms with Gasteiger partial charge in [-0.15, -0.1) is 0 Å². The Kier molecular flexibility index (Phi) is 5.18. The van der Waals surface area contributed by atoms with Gasteiger partial charge >= 0.3 is 0 Å². The van der Waals surface area contributed by atoms with E-state index >= 15 is 0 Å². The van der Waals surface area contributed by atoms with Gasteiger partial charge in [-0.3, -0.25) is 9.89 Å². The van der Waals surface area contributed by atoms with Gasteiger partial charge in [-0.1, -0.05) is 29.3 Å². The van der Waals surface area contributed by atoms with E-state index in [0.717, 1.165) is 18.4 Å². The topological polar surface area (TPSA) is 89.6 Å². The number of nitrogens with two attached hydrogens (primary N) is 1. The molecule has 2 heterocycles. The van der Waals surface area contributed by atoms with Crippen LogP contribution in [0.5, 0.6) is 0 Å². The van der Waals surface area contributed by atoms with Crippen LogP contribution >= 0.6 is 23.2 Å². The maximum absolute atomic E-state index is 12.1. The zero-order valence-corrected chi connectivity index (χ0v) is 14.4. The summed E-state index contributed by atoms with van der Waals surface area (Å²) in [5, 5.41) is 12.0. The van der Waals surface area contributed by atoms with E-state index < -0.39 is 0 Å². The molecule has 3 N–H and O–H groups in total. The highest BCUT2D eigenvalue weighted by Gasteiger charge is 2.14. The van der Waals surface area contributed by atoms with Crippen molar-refractivity contribution in [1.29, 1.82) is 0 Å². The van der Waals surface area contributed by atoms with Gasteiger partial charge in [-0.25, -0.2) is 4.68 Å². The summed E-state index contributed by atoms with van der Waals surface area (Å²) >= 11 is 12.1. The first-order valence-corrected chi connectivity index (χ1v) is 8.40. The Hall–Kier alpha value is -1.89. The van der Waals surface area contributed by atoms with Gasteiger partial charge in [-0.2, -0.15) is 10.2 Å². The lowest BCUT2D eigenvalue weighted by Crippen LogP contribution is -2.23. The zero-order chi connectivity index (χ0) is 17.1. The molecule has 2 aromatic heterocycles. The molecule has 1 atom stereocenters. The fourth-order valence-electron chi connectivity index (χ4n) is 2.74. The van der Waals surface area contributed by atoms with Crippen LogP contribution in [0.25, 0.3) is 11.0 Å². The third kappa shape index (κ3) is 3.61. The minimum atomic E-state index is -0.160. The smallest absolute Gasteiger partial charge is 0.268 e. The highest BCUT2D eigenvalue weighted by molar-refractivity contribution is 6.42. The second-order valence-corrected chi connectivity index (χ2v) is 6.43. The fraction of sp³-hybridized carbons (Fsp3) is 0.312. The number of halogens is 2. The van der Waals surface area contributed by atoms with Crippen LogP contribution in [0.3, 0.4) is 0 Å². The summed E-state index contributed by atoms with van der Waals surface area (Å²) in [6, 6.07) is 7.10. The third-order valence-corrected chi connectivity index (χ3v) is 4.76. The van der Waals surface area contributed by atoms with Crippen LogP contribution in [0.1, 0.15) is 24.3 Å². The number of aromatic amines is 1. The summed E-state index contributed by atoms with van der Waals surface area (Å²) in [6.07, 6.45) is 3.12. The van der Waals surface area contributed by atoms with Crippen LogP contribution in [0.15, 0.2) is 35.3 Å². The molecule has 0 aliphatic rings. The van der Waals surface area contributed by atoms with Crippen LogP contribution in [0.4, 0.5) is 0 Å². The Bertz CT molecular complexity index is 905. The molecule has 0 aliphatic heterocycles. The van der Waals surface area contributed by atoms with Crippen molar-refractivity contribution in [3.63, 3.8) is 0 Å². The van der Waals surface area contributed by atoms with Crippen molar-refractivity contribution >= 4 is 34.2 Å². The van der Waals surface area contributed by atoms with Crippen LogP contribution in [-0.4, -0.2) is 26.5 Å². The van der Waals surface area contributed by atoms with E-state index in [4.69, 9.17) is 28.9 Å². The number of aryl methyl sites for hydroxylation is 1. The highest BCUT2D eigenvalue weighted by Crippen LogP contribution is 2.30.